The van der Waals surface area contributed by atoms with E-state index in [1.54, 1.807) is 0 Å². The van der Waals surface area contributed by atoms with E-state index in [9.17, 15) is 0 Å². The minimum Gasteiger partial charge on any atom is -0.310 e. The monoisotopic (exact) mass is 262 g/mol. The van der Waals surface area contributed by atoms with Crippen LogP contribution in [-0.2, 0) is 0 Å². The molecule has 1 heterocycles. The molecule has 0 saturated carbocycles. The fraction of sp³-hybridized carbons (Fsp3) is 0.706. The van der Waals surface area contributed by atoms with Gasteiger partial charge in [0.15, 0.2) is 0 Å². The molecule has 1 N–H and O–H groups in total. The first kappa shape index (κ1) is 16.2. The second-order valence-corrected chi connectivity index (χ2v) is 5.49. The SMILES string of the molecule is CCCCC(CC)CC(NCC)c1ccncc1C. The Hall–Kier alpha value is -0.890. The lowest BCUT2D eigenvalue weighted by molar-refractivity contribution is 0.356. The van der Waals surface area contributed by atoms with Gasteiger partial charge in [0.1, 0.15) is 0 Å². The molecule has 1 rings (SSSR count). The number of unbranched alkanes of at least 4 members (excludes halogenated alkanes) is 1. The Morgan fingerprint density at radius 2 is 2.05 bits per heavy atom. The summed E-state index contributed by atoms with van der Waals surface area (Å²) in [7, 11) is 0. The number of aromatic nitrogens is 1. The van der Waals surface area contributed by atoms with Gasteiger partial charge in [-0.25, -0.2) is 0 Å². The van der Waals surface area contributed by atoms with Crippen LogP contribution in [-0.4, -0.2) is 11.5 Å². The summed E-state index contributed by atoms with van der Waals surface area (Å²) in [4.78, 5) is 4.21. The summed E-state index contributed by atoms with van der Waals surface area (Å²) < 4.78 is 0. The summed E-state index contributed by atoms with van der Waals surface area (Å²) in [5.74, 6) is 0.830. The number of hydrogen-bond donors (Lipinski definition) is 1. The molecule has 1 aromatic rings. The van der Waals surface area contributed by atoms with Gasteiger partial charge in [-0.05, 0) is 43.0 Å². The molecule has 0 fully saturated rings. The Morgan fingerprint density at radius 1 is 1.26 bits per heavy atom. The summed E-state index contributed by atoms with van der Waals surface area (Å²) in [6.07, 6.45) is 10.4. The summed E-state index contributed by atoms with van der Waals surface area (Å²) in [6, 6.07) is 2.66. The molecule has 0 amide bonds. The third kappa shape index (κ3) is 5.32. The lowest BCUT2D eigenvalue weighted by Crippen LogP contribution is -2.24. The number of rotatable bonds is 9. The fourth-order valence-electron chi connectivity index (χ4n) is 2.76. The zero-order chi connectivity index (χ0) is 14.1. The third-order valence-electron chi connectivity index (χ3n) is 4.00. The second kappa shape index (κ2) is 9.08. The van der Waals surface area contributed by atoms with E-state index in [0.29, 0.717) is 6.04 Å². The van der Waals surface area contributed by atoms with Gasteiger partial charge in [0.05, 0.1) is 0 Å². The first-order valence-electron chi connectivity index (χ1n) is 7.86. The first-order valence-corrected chi connectivity index (χ1v) is 7.86. The van der Waals surface area contributed by atoms with Crippen LogP contribution >= 0.6 is 0 Å². The molecule has 19 heavy (non-hydrogen) atoms. The van der Waals surface area contributed by atoms with Crippen LogP contribution in [0.5, 0.6) is 0 Å². The standard InChI is InChI=1S/C17H30N2/c1-5-8-9-15(6-2)12-17(19-7-3)16-10-11-18-13-14(16)4/h10-11,13,15,17,19H,5-9,12H2,1-4H3. The van der Waals surface area contributed by atoms with Gasteiger partial charge in [-0.2, -0.15) is 0 Å². The van der Waals surface area contributed by atoms with Gasteiger partial charge in [0.25, 0.3) is 0 Å². The van der Waals surface area contributed by atoms with Crippen molar-refractivity contribution in [3.8, 4) is 0 Å². The molecule has 0 aromatic carbocycles. The van der Waals surface area contributed by atoms with E-state index in [4.69, 9.17) is 0 Å². The minimum absolute atomic E-state index is 0.481. The van der Waals surface area contributed by atoms with Gasteiger partial charge >= 0.3 is 0 Å². The Balaban J connectivity index is 2.74. The molecule has 0 bridgehead atoms. The van der Waals surface area contributed by atoms with E-state index in [2.05, 4.69) is 44.1 Å². The Bertz CT molecular complexity index is 349. The highest BCUT2D eigenvalue weighted by Crippen LogP contribution is 2.28. The van der Waals surface area contributed by atoms with Crippen molar-refractivity contribution in [2.45, 2.75) is 65.8 Å². The molecule has 0 radical (unpaired) electrons. The number of nitrogens with zero attached hydrogens (tertiary/aromatic N) is 1. The molecule has 108 valence electrons. The van der Waals surface area contributed by atoms with Gasteiger partial charge in [-0.3, -0.25) is 4.98 Å². The second-order valence-electron chi connectivity index (χ2n) is 5.49. The summed E-state index contributed by atoms with van der Waals surface area (Å²) >= 11 is 0. The highest BCUT2D eigenvalue weighted by molar-refractivity contribution is 5.25. The predicted molar refractivity (Wildman–Crippen MR) is 83.3 cm³/mol. The Kier molecular flexibility index (Phi) is 7.73. The van der Waals surface area contributed by atoms with Crippen LogP contribution in [0.25, 0.3) is 0 Å². The van der Waals surface area contributed by atoms with Crippen LogP contribution in [0.2, 0.25) is 0 Å². The van der Waals surface area contributed by atoms with E-state index in [0.717, 1.165) is 12.5 Å². The zero-order valence-electron chi connectivity index (χ0n) is 13.1. The number of hydrogen-bond acceptors (Lipinski definition) is 2. The molecule has 0 spiro atoms. The van der Waals surface area contributed by atoms with Crippen LogP contribution in [0.3, 0.4) is 0 Å². The van der Waals surface area contributed by atoms with Crippen molar-refractivity contribution in [2.24, 2.45) is 5.92 Å². The van der Waals surface area contributed by atoms with Gasteiger partial charge in [-0.1, -0.05) is 46.5 Å². The van der Waals surface area contributed by atoms with E-state index in [1.165, 1.54) is 43.2 Å². The van der Waals surface area contributed by atoms with E-state index in [-0.39, 0.29) is 0 Å². The van der Waals surface area contributed by atoms with E-state index >= 15 is 0 Å². The Labute approximate surface area is 119 Å². The maximum atomic E-state index is 4.21. The molecule has 0 saturated heterocycles. The van der Waals surface area contributed by atoms with Crippen molar-refractivity contribution in [2.75, 3.05) is 6.54 Å². The van der Waals surface area contributed by atoms with Crippen LogP contribution in [0.15, 0.2) is 18.5 Å². The number of pyridine rings is 1. The number of nitrogens with one attached hydrogen (secondary N) is 1. The van der Waals surface area contributed by atoms with Crippen molar-refractivity contribution < 1.29 is 0 Å². The van der Waals surface area contributed by atoms with Crippen molar-refractivity contribution in [1.29, 1.82) is 0 Å². The van der Waals surface area contributed by atoms with Crippen LogP contribution in [0.4, 0.5) is 0 Å². The molecule has 0 aliphatic rings. The number of aryl methyl sites for hydroxylation is 1. The zero-order valence-corrected chi connectivity index (χ0v) is 13.1. The van der Waals surface area contributed by atoms with Crippen molar-refractivity contribution in [1.82, 2.24) is 10.3 Å². The molecule has 0 aliphatic carbocycles. The van der Waals surface area contributed by atoms with Gasteiger partial charge in [0, 0.05) is 18.4 Å². The Morgan fingerprint density at radius 3 is 2.63 bits per heavy atom. The average molecular weight is 262 g/mol. The predicted octanol–water partition coefficient (Wildman–Crippen LogP) is 4.65. The van der Waals surface area contributed by atoms with Gasteiger partial charge < -0.3 is 5.32 Å². The molecule has 2 nitrogen and oxygen atoms in total. The summed E-state index contributed by atoms with van der Waals surface area (Å²) in [6.45, 7) is 9.98. The van der Waals surface area contributed by atoms with Crippen molar-refractivity contribution in [3.63, 3.8) is 0 Å². The smallest absolute Gasteiger partial charge is 0.0326 e. The summed E-state index contributed by atoms with van der Waals surface area (Å²) in [5, 5.41) is 3.65. The van der Waals surface area contributed by atoms with E-state index in [1.807, 2.05) is 12.4 Å². The highest BCUT2D eigenvalue weighted by Gasteiger charge is 2.17. The van der Waals surface area contributed by atoms with Crippen LogP contribution < -0.4 is 5.32 Å². The largest absolute Gasteiger partial charge is 0.310 e. The maximum absolute atomic E-state index is 4.21. The molecular weight excluding hydrogens is 232 g/mol. The first-order chi connectivity index (χ1) is 9.22. The lowest BCUT2D eigenvalue weighted by atomic mass is 9.88. The van der Waals surface area contributed by atoms with Gasteiger partial charge in [0.2, 0.25) is 0 Å². The van der Waals surface area contributed by atoms with Crippen molar-refractivity contribution in [3.05, 3.63) is 29.6 Å². The third-order valence-corrected chi connectivity index (χ3v) is 4.00. The molecular formula is C17H30N2. The fourth-order valence-corrected chi connectivity index (χ4v) is 2.76. The van der Waals surface area contributed by atoms with E-state index < -0.39 is 0 Å². The maximum Gasteiger partial charge on any atom is 0.0326 e. The topological polar surface area (TPSA) is 24.9 Å². The van der Waals surface area contributed by atoms with Crippen LogP contribution in [0, 0.1) is 12.8 Å². The summed E-state index contributed by atoms with van der Waals surface area (Å²) in [5.41, 5.74) is 2.73. The normalized spacial score (nSPS) is 14.3. The lowest BCUT2D eigenvalue weighted by Gasteiger charge is -2.25. The highest BCUT2D eigenvalue weighted by atomic mass is 14.9. The van der Waals surface area contributed by atoms with Crippen molar-refractivity contribution >= 4 is 0 Å². The molecule has 1 aromatic heterocycles. The van der Waals surface area contributed by atoms with Gasteiger partial charge in [-0.15, -0.1) is 0 Å². The van der Waals surface area contributed by atoms with Crippen LogP contribution in [0.1, 0.15) is 70.0 Å². The molecule has 2 heteroatoms. The molecule has 2 unspecified atom stereocenters. The quantitative estimate of drug-likeness (QED) is 0.701. The average Bonchev–Trinajstić information content (AvgIpc) is 2.43. The molecule has 2 atom stereocenters. The minimum atomic E-state index is 0.481. The molecule has 0 aliphatic heterocycles.